The van der Waals surface area contributed by atoms with E-state index >= 15 is 0 Å². The summed E-state index contributed by atoms with van der Waals surface area (Å²) < 4.78 is 0. The lowest BCUT2D eigenvalue weighted by Gasteiger charge is -2.27. The maximum Gasteiger partial charge on any atom is 0.322 e. The topological polar surface area (TPSA) is 78.5 Å². The minimum Gasteiger partial charge on any atom is -0.339 e. The molecule has 2 atom stereocenters. The van der Waals surface area contributed by atoms with Crippen molar-refractivity contribution in [3.63, 3.8) is 0 Å². The number of carbonyl (C=O) groups is 3. The Bertz CT molecular complexity index is 636. The Morgan fingerprint density at radius 1 is 1.36 bits per heavy atom. The summed E-state index contributed by atoms with van der Waals surface area (Å²) >= 11 is 12.0. The van der Waals surface area contributed by atoms with Gasteiger partial charge in [0, 0.05) is 17.1 Å². The third kappa shape index (κ3) is 3.51. The summed E-state index contributed by atoms with van der Waals surface area (Å²) in [6.07, 6.45) is -0.108. The number of hydrogen-bond donors (Lipinski definition) is 2. The SMILES string of the molecule is C[C@H](c1ccc(Cl)cc1Cl)N(C)C(=O)C[C@H]1NC(=O)NC1=O. The molecule has 0 saturated carbocycles. The fourth-order valence-electron chi connectivity index (χ4n) is 2.19. The monoisotopic (exact) mass is 343 g/mol. The van der Waals surface area contributed by atoms with E-state index in [4.69, 9.17) is 23.2 Å². The zero-order valence-electron chi connectivity index (χ0n) is 12.0. The average molecular weight is 344 g/mol. The van der Waals surface area contributed by atoms with Crippen molar-refractivity contribution in [3.8, 4) is 0 Å². The smallest absolute Gasteiger partial charge is 0.322 e. The number of imide groups is 1. The van der Waals surface area contributed by atoms with E-state index in [0.29, 0.717) is 10.0 Å². The van der Waals surface area contributed by atoms with Gasteiger partial charge in [-0.2, -0.15) is 0 Å². The fraction of sp³-hybridized carbons (Fsp3) is 0.357. The maximum atomic E-state index is 12.3. The molecule has 1 aromatic carbocycles. The third-order valence-corrected chi connectivity index (χ3v) is 4.19. The number of hydrogen-bond acceptors (Lipinski definition) is 3. The van der Waals surface area contributed by atoms with Crippen LogP contribution in [-0.4, -0.2) is 35.8 Å². The van der Waals surface area contributed by atoms with Crippen LogP contribution >= 0.6 is 23.2 Å². The Kier molecular flexibility index (Phi) is 4.93. The Hall–Kier alpha value is -1.79. The molecule has 1 fully saturated rings. The van der Waals surface area contributed by atoms with Crippen LogP contribution < -0.4 is 10.6 Å². The number of rotatable bonds is 4. The van der Waals surface area contributed by atoms with Crippen LogP contribution in [0, 0.1) is 0 Å². The number of halogens is 2. The molecule has 2 N–H and O–H groups in total. The Balaban J connectivity index is 2.06. The molecule has 1 aliphatic rings. The van der Waals surface area contributed by atoms with E-state index in [1.807, 2.05) is 6.92 Å². The maximum absolute atomic E-state index is 12.3. The van der Waals surface area contributed by atoms with E-state index in [2.05, 4.69) is 10.6 Å². The summed E-state index contributed by atoms with van der Waals surface area (Å²) in [7, 11) is 1.62. The van der Waals surface area contributed by atoms with Crippen molar-refractivity contribution < 1.29 is 14.4 Å². The quantitative estimate of drug-likeness (QED) is 0.821. The zero-order chi connectivity index (χ0) is 16.4. The zero-order valence-corrected chi connectivity index (χ0v) is 13.5. The van der Waals surface area contributed by atoms with Gasteiger partial charge in [0.1, 0.15) is 6.04 Å². The molecule has 1 aromatic rings. The van der Waals surface area contributed by atoms with Crippen molar-refractivity contribution in [2.75, 3.05) is 7.05 Å². The first-order chi connectivity index (χ1) is 10.3. The van der Waals surface area contributed by atoms with E-state index in [9.17, 15) is 14.4 Å². The molecule has 0 unspecified atom stereocenters. The molecule has 4 amide bonds. The molecule has 0 aliphatic carbocycles. The van der Waals surface area contributed by atoms with Gasteiger partial charge in [0.25, 0.3) is 5.91 Å². The van der Waals surface area contributed by atoms with Crippen molar-refractivity contribution in [2.45, 2.75) is 25.4 Å². The van der Waals surface area contributed by atoms with Crippen LogP contribution in [0.5, 0.6) is 0 Å². The Morgan fingerprint density at radius 2 is 2.05 bits per heavy atom. The van der Waals surface area contributed by atoms with Crippen LogP contribution in [-0.2, 0) is 9.59 Å². The van der Waals surface area contributed by atoms with E-state index in [0.717, 1.165) is 5.56 Å². The van der Waals surface area contributed by atoms with E-state index in [1.54, 1.807) is 25.2 Å². The predicted octanol–water partition coefficient (Wildman–Crippen LogP) is 2.11. The standard InChI is InChI=1S/C14H15Cl2N3O3/c1-7(9-4-3-8(15)5-10(9)16)19(2)12(20)6-11-13(21)18-14(22)17-11/h3-5,7,11H,6H2,1-2H3,(H2,17,18,21,22)/t7-,11-/m1/s1. The highest BCUT2D eigenvalue weighted by Crippen LogP contribution is 2.29. The van der Waals surface area contributed by atoms with Gasteiger partial charge in [-0.1, -0.05) is 29.3 Å². The Morgan fingerprint density at radius 3 is 2.59 bits per heavy atom. The van der Waals surface area contributed by atoms with Gasteiger partial charge in [0.15, 0.2) is 0 Å². The minimum atomic E-state index is -0.838. The minimum absolute atomic E-state index is 0.108. The van der Waals surface area contributed by atoms with Gasteiger partial charge in [-0.05, 0) is 24.6 Å². The van der Waals surface area contributed by atoms with Gasteiger partial charge in [-0.3, -0.25) is 14.9 Å². The lowest BCUT2D eigenvalue weighted by atomic mass is 10.1. The molecular weight excluding hydrogens is 329 g/mol. The summed E-state index contributed by atoms with van der Waals surface area (Å²) in [5.74, 6) is -0.773. The molecule has 6 nitrogen and oxygen atoms in total. The van der Waals surface area contributed by atoms with E-state index in [-0.39, 0.29) is 18.4 Å². The third-order valence-electron chi connectivity index (χ3n) is 3.62. The molecule has 0 bridgehead atoms. The van der Waals surface area contributed by atoms with Crippen LogP contribution in [0.2, 0.25) is 10.0 Å². The number of benzene rings is 1. The summed E-state index contributed by atoms with van der Waals surface area (Å²) in [6, 6.07) is 3.34. The van der Waals surface area contributed by atoms with Gasteiger partial charge >= 0.3 is 6.03 Å². The molecule has 2 rings (SSSR count). The first-order valence-corrected chi connectivity index (χ1v) is 7.37. The van der Waals surface area contributed by atoms with Gasteiger partial charge in [0.2, 0.25) is 5.91 Å². The molecule has 8 heteroatoms. The Labute approximate surface area is 137 Å². The number of amides is 4. The summed E-state index contributed by atoms with van der Waals surface area (Å²) in [5, 5.41) is 5.47. The van der Waals surface area contributed by atoms with Crippen molar-refractivity contribution in [1.29, 1.82) is 0 Å². The lowest BCUT2D eigenvalue weighted by Crippen LogP contribution is -2.38. The van der Waals surface area contributed by atoms with Gasteiger partial charge in [-0.25, -0.2) is 4.79 Å². The van der Waals surface area contributed by atoms with Crippen molar-refractivity contribution in [3.05, 3.63) is 33.8 Å². The van der Waals surface area contributed by atoms with Crippen LogP contribution in [0.25, 0.3) is 0 Å². The first-order valence-electron chi connectivity index (χ1n) is 6.61. The molecule has 0 aromatic heterocycles. The van der Waals surface area contributed by atoms with Crippen molar-refractivity contribution >= 4 is 41.0 Å². The lowest BCUT2D eigenvalue weighted by molar-refractivity contribution is -0.134. The first kappa shape index (κ1) is 16.6. The predicted molar refractivity (Wildman–Crippen MR) is 82.7 cm³/mol. The molecule has 1 saturated heterocycles. The van der Waals surface area contributed by atoms with E-state index < -0.39 is 18.0 Å². The summed E-state index contributed by atoms with van der Waals surface area (Å²) in [4.78, 5) is 36.3. The molecule has 0 spiro atoms. The van der Waals surface area contributed by atoms with Crippen molar-refractivity contribution in [2.24, 2.45) is 0 Å². The van der Waals surface area contributed by atoms with Crippen LogP contribution in [0.1, 0.15) is 24.9 Å². The molecule has 22 heavy (non-hydrogen) atoms. The largest absolute Gasteiger partial charge is 0.339 e. The highest BCUT2D eigenvalue weighted by molar-refractivity contribution is 6.35. The normalized spacial score (nSPS) is 18.6. The molecule has 118 valence electrons. The van der Waals surface area contributed by atoms with Crippen LogP contribution in [0.3, 0.4) is 0 Å². The van der Waals surface area contributed by atoms with E-state index in [1.165, 1.54) is 4.90 Å². The van der Waals surface area contributed by atoms with Crippen LogP contribution in [0.15, 0.2) is 18.2 Å². The second-order valence-electron chi connectivity index (χ2n) is 5.07. The molecule has 1 heterocycles. The van der Waals surface area contributed by atoms with Gasteiger partial charge in [-0.15, -0.1) is 0 Å². The van der Waals surface area contributed by atoms with Gasteiger partial charge < -0.3 is 10.2 Å². The number of carbonyl (C=O) groups excluding carboxylic acids is 3. The van der Waals surface area contributed by atoms with Crippen LogP contribution in [0.4, 0.5) is 4.79 Å². The average Bonchev–Trinajstić information content (AvgIpc) is 2.75. The second-order valence-corrected chi connectivity index (χ2v) is 5.91. The number of urea groups is 1. The second kappa shape index (κ2) is 6.54. The van der Waals surface area contributed by atoms with Gasteiger partial charge in [0.05, 0.1) is 12.5 Å². The number of nitrogens with zero attached hydrogens (tertiary/aromatic N) is 1. The number of nitrogens with one attached hydrogen (secondary N) is 2. The summed E-state index contributed by atoms with van der Waals surface area (Å²) in [5.41, 5.74) is 0.752. The molecule has 1 aliphatic heterocycles. The summed E-state index contributed by atoms with van der Waals surface area (Å²) in [6.45, 7) is 1.82. The molecular formula is C14H15Cl2N3O3. The van der Waals surface area contributed by atoms with Crippen molar-refractivity contribution in [1.82, 2.24) is 15.5 Å². The molecule has 0 radical (unpaired) electrons. The highest BCUT2D eigenvalue weighted by Gasteiger charge is 2.33. The highest BCUT2D eigenvalue weighted by atomic mass is 35.5. The fourth-order valence-corrected chi connectivity index (χ4v) is 2.75.